The number of rotatable bonds is 0. The number of hydrogen-bond donors (Lipinski definition) is 0. The predicted molar refractivity (Wildman–Crippen MR) is 105 cm³/mol. The molecule has 144 valence electrons. The number of benzene rings is 1. The monoisotopic (exact) mass is 368 g/mol. The van der Waals surface area contributed by atoms with Crippen LogP contribution >= 0.6 is 0 Å². The highest BCUT2D eigenvalue weighted by Crippen LogP contribution is 2.44. The molecule has 2 aromatic rings. The third-order valence-electron chi connectivity index (χ3n) is 5.56. The van der Waals surface area contributed by atoms with Crippen LogP contribution in [0.1, 0.15) is 51.8 Å². The molecule has 2 atom stereocenters. The molecule has 0 aliphatic carbocycles. The van der Waals surface area contributed by atoms with Crippen LogP contribution in [0, 0.1) is 6.92 Å². The first-order valence-corrected chi connectivity index (χ1v) is 9.74. The molecule has 1 amide bonds. The van der Waals surface area contributed by atoms with Crippen LogP contribution in [-0.4, -0.2) is 39.8 Å². The fraction of sp³-hybridized carbons (Fsp3) is 0.545. The Morgan fingerprint density at radius 2 is 2.07 bits per heavy atom. The normalized spacial score (nSPS) is 24.8. The summed E-state index contributed by atoms with van der Waals surface area (Å²) in [4.78, 5) is 19.2. The minimum absolute atomic E-state index is 0.0927. The summed E-state index contributed by atoms with van der Waals surface area (Å²) in [5.74, 6) is 0.901. The fourth-order valence-electron chi connectivity index (χ4n) is 4.40. The molecule has 0 N–H and O–H groups in total. The molecule has 5 heteroatoms. The molecule has 3 heterocycles. The Balaban J connectivity index is 1.63. The Morgan fingerprint density at radius 1 is 1.33 bits per heavy atom. The van der Waals surface area contributed by atoms with E-state index in [0.29, 0.717) is 6.54 Å². The smallest absolute Gasteiger partial charge is 0.410 e. The van der Waals surface area contributed by atoms with Gasteiger partial charge in [0.25, 0.3) is 0 Å². The van der Waals surface area contributed by atoms with Crippen molar-refractivity contribution in [3.05, 3.63) is 35.5 Å². The van der Waals surface area contributed by atoms with Crippen LogP contribution in [0.3, 0.4) is 0 Å². The second kappa shape index (κ2) is 6.11. The summed E-state index contributed by atoms with van der Waals surface area (Å²) >= 11 is 0. The number of amides is 1. The standard InChI is InChI=1S/C22H28N2O3/c1-14-12-22(13-24(14)20(25)27-21(3,4)5)11-10-17-16-8-6-7-9-18(16)23-15(2)19(17)26-22/h6-9,14H,10-13H2,1-5H3. The Kier molecular flexibility index (Phi) is 4.09. The summed E-state index contributed by atoms with van der Waals surface area (Å²) < 4.78 is 12.2. The van der Waals surface area contributed by atoms with E-state index in [2.05, 4.69) is 19.1 Å². The van der Waals surface area contributed by atoms with Crippen molar-refractivity contribution < 1.29 is 14.3 Å². The van der Waals surface area contributed by atoms with Crippen LogP contribution in [0.5, 0.6) is 5.75 Å². The SMILES string of the molecule is Cc1nc2ccccc2c2c1OC1(CC2)CC(C)N(C(=O)OC(C)(C)C)C1. The molecule has 0 bridgehead atoms. The molecule has 1 saturated heterocycles. The molecule has 2 aliphatic heterocycles. The number of para-hydroxylation sites is 1. The largest absolute Gasteiger partial charge is 0.483 e. The topological polar surface area (TPSA) is 51.7 Å². The van der Waals surface area contributed by atoms with Gasteiger partial charge in [-0.15, -0.1) is 0 Å². The molecular formula is C22H28N2O3. The Labute approximate surface area is 160 Å². The van der Waals surface area contributed by atoms with E-state index in [1.54, 1.807) is 0 Å². The van der Waals surface area contributed by atoms with E-state index in [9.17, 15) is 4.79 Å². The van der Waals surface area contributed by atoms with Crippen LogP contribution in [0.4, 0.5) is 4.79 Å². The van der Waals surface area contributed by atoms with Crippen LogP contribution < -0.4 is 4.74 Å². The van der Waals surface area contributed by atoms with Gasteiger partial charge in [-0.1, -0.05) is 18.2 Å². The van der Waals surface area contributed by atoms with Crippen molar-refractivity contribution in [2.75, 3.05) is 6.54 Å². The van der Waals surface area contributed by atoms with Gasteiger partial charge in [0.2, 0.25) is 0 Å². The van der Waals surface area contributed by atoms with Crippen molar-refractivity contribution in [1.82, 2.24) is 9.88 Å². The highest BCUT2D eigenvalue weighted by atomic mass is 16.6. The molecule has 0 saturated carbocycles. The lowest BCUT2D eigenvalue weighted by Gasteiger charge is -2.36. The van der Waals surface area contributed by atoms with Crippen molar-refractivity contribution in [1.29, 1.82) is 0 Å². The van der Waals surface area contributed by atoms with E-state index in [1.807, 2.05) is 44.7 Å². The zero-order valence-electron chi connectivity index (χ0n) is 16.8. The number of carbonyl (C=O) groups excluding carboxylic acids is 1. The van der Waals surface area contributed by atoms with Crippen LogP contribution in [0.15, 0.2) is 24.3 Å². The molecule has 1 aromatic heterocycles. The van der Waals surface area contributed by atoms with Crippen molar-refractivity contribution in [2.45, 2.75) is 71.1 Å². The number of aryl methyl sites for hydroxylation is 2. The van der Waals surface area contributed by atoms with Crippen molar-refractivity contribution in [3.63, 3.8) is 0 Å². The molecule has 1 aromatic carbocycles. The van der Waals surface area contributed by atoms with Gasteiger partial charge in [-0.3, -0.25) is 0 Å². The first-order chi connectivity index (χ1) is 12.7. The number of pyridine rings is 1. The third kappa shape index (κ3) is 3.24. The van der Waals surface area contributed by atoms with Gasteiger partial charge in [0.05, 0.1) is 17.8 Å². The average Bonchev–Trinajstić information content (AvgIpc) is 2.90. The van der Waals surface area contributed by atoms with E-state index in [1.165, 1.54) is 10.9 Å². The van der Waals surface area contributed by atoms with E-state index in [0.717, 1.165) is 36.2 Å². The lowest BCUT2D eigenvalue weighted by atomic mass is 9.87. The molecule has 1 fully saturated rings. The molecule has 27 heavy (non-hydrogen) atoms. The molecule has 2 unspecified atom stereocenters. The summed E-state index contributed by atoms with van der Waals surface area (Å²) in [5, 5.41) is 1.17. The minimum atomic E-state index is -0.494. The van der Waals surface area contributed by atoms with Gasteiger partial charge in [-0.25, -0.2) is 9.78 Å². The van der Waals surface area contributed by atoms with Crippen LogP contribution in [-0.2, 0) is 11.2 Å². The van der Waals surface area contributed by atoms with Gasteiger partial charge in [0, 0.05) is 23.4 Å². The zero-order chi connectivity index (χ0) is 19.4. The number of hydrogen-bond acceptors (Lipinski definition) is 4. The summed E-state index contributed by atoms with van der Waals surface area (Å²) in [6.45, 7) is 10.3. The highest BCUT2D eigenvalue weighted by Gasteiger charge is 2.49. The molecule has 1 spiro atoms. The predicted octanol–water partition coefficient (Wildman–Crippen LogP) is 4.64. The van der Waals surface area contributed by atoms with Gasteiger partial charge in [0.15, 0.2) is 0 Å². The number of likely N-dealkylation sites (tertiary alicyclic amines) is 1. The van der Waals surface area contributed by atoms with Gasteiger partial charge in [0.1, 0.15) is 17.0 Å². The molecule has 4 rings (SSSR count). The maximum absolute atomic E-state index is 12.6. The quantitative estimate of drug-likeness (QED) is 0.680. The van der Waals surface area contributed by atoms with Gasteiger partial charge < -0.3 is 14.4 Å². The number of ether oxygens (including phenoxy) is 2. The number of fused-ring (bicyclic) bond motifs is 3. The maximum Gasteiger partial charge on any atom is 0.410 e. The lowest BCUT2D eigenvalue weighted by molar-refractivity contribution is 0.0143. The molecule has 2 aliphatic rings. The lowest BCUT2D eigenvalue weighted by Crippen LogP contribution is -2.45. The van der Waals surface area contributed by atoms with Crippen molar-refractivity contribution in [2.24, 2.45) is 0 Å². The summed E-state index contributed by atoms with van der Waals surface area (Å²) in [6.07, 6.45) is 2.40. The average molecular weight is 368 g/mol. The van der Waals surface area contributed by atoms with Gasteiger partial charge in [-0.2, -0.15) is 0 Å². The number of aromatic nitrogens is 1. The van der Waals surface area contributed by atoms with E-state index in [4.69, 9.17) is 14.5 Å². The van der Waals surface area contributed by atoms with E-state index in [-0.39, 0.29) is 17.7 Å². The highest BCUT2D eigenvalue weighted by molar-refractivity contribution is 5.85. The molecule has 0 radical (unpaired) electrons. The number of carbonyl (C=O) groups is 1. The first kappa shape index (κ1) is 18.1. The Bertz CT molecular complexity index is 902. The summed E-state index contributed by atoms with van der Waals surface area (Å²) in [5.41, 5.74) is 2.34. The van der Waals surface area contributed by atoms with Crippen LogP contribution in [0.2, 0.25) is 0 Å². The Hall–Kier alpha value is -2.30. The minimum Gasteiger partial charge on any atom is -0.483 e. The fourth-order valence-corrected chi connectivity index (χ4v) is 4.40. The molecular weight excluding hydrogens is 340 g/mol. The van der Waals surface area contributed by atoms with Gasteiger partial charge >= 0.3 is 6.09 Å². The second-order valence-corrected chi connectivity index (χ2v) is 8.97. The summed E-state index contributed by atoms with van der Waals surface area (Å²) in [6, 6.07) is 8.33. The first-order valence-electron chi connectivity index (χ1n) is 9.74. The molecule has 5 nitrogen and oxygen atoms in total. The summed E-state index contributed by atoms with van der Waals surface area (Å²) in [7, 11) is 0. The van der Waals surface area contributed by atoms with E-state index >= 15 is 0 Å². The maximum atomic E-state index is 12.6. The zero-order valence-corrected chi connectivity index (χ0v) is 16.8. The van der Waals surface area contributed by atoms with E-state index < -0.39 is 5.60 Å². The third-order valence-corrected chi connectivity index (χ3v) is 5.56. The number of nitrogens with zero attached hydrogens (tertiary/aromatic N) is 2. The second-order valence-electron chi connectivity index (χ2n) is 8.97. The van der Waals surface area contributed by atoms with Crippen molar-refractivity contribution in [3.8, 4) is 5.75 Å². The van der Waals surface area contributed by atoms with Gasteiger partial charge in [-0.05, 0) is 53.5 Å². The van der Waals surface area contributed by atoms with Crippen LogP contribution in [0.25, 0.3) is 10.9 Å². The Morgan fingerprint density at radius 3 is 2.81 bits per heavy atom. The van der Waals surface area contributed by atoms with Crippen molar-refractivity contribution >= 4 is 17.0 Å².